The van der Waals surface area contributed by atoms with E-state index in [0.717, 1.165) is 12.1 Å². The number of hydrogen-bond donors (Lipinski definition) is 0. The molecule has 0 spiro atoms. The largest absolute Gasteiger partial charge is 0.435 e. The van der Waals surface area contributed by atoms with Gasteiger partial charge in [-0.3, -0.25) is 0 Å². The number of oxazole rings is 1. The lowest BCUT2D eigenvalue weighted by Crippen LogP contribution is -1.83. The van der Waals surface area contributed by atoms with Crippen LogP contribution in [0.2, 0.25) is 0 Å². The van der Waals surface area contributed by atoms with E-state index in [4.69, 9.17) is 0 Å². The third-order valence-corrected chi connectivity index (χ3v) is 1.87. The highest BCUT2D eigenvalue weighted by Crippen LogP contribution is 2.27. The van der Waals surface area contributed by atoms with E-state index in [2.05, 4.69) is 9.40 Å². The zero-order valence-electron chi connectivity index (χ0n) is 7.25. The van der Waals surface area contributed by atoms with Crippen molar-refractivity contribution in [1.82, 2.24) is 4.98 Å². The minimum atomic E-state index is -2.84. The first-order chi connectivity index (χ1) is 7.08. The number of fused-ring (bicyclic) bond motifs is 1. The summed E-state index contributed by atoms with van der Waals surface area (Å²) in [4.78, 5) is 3.41. The summed E-state index contributed by atoms with van der Waals surface area (Å²) in [6.07, 6.45) is -5.49. The number of aromatic nitrogens is 1. The minimum absolute atomic E-state index is 0.0168. The average Bonchev–Trinajstić information content (AvgIpc) is 2.59. The summed E-state index contributed by atoms with van der Waals surface area (Å²) in [5.74, 6) is -0.753. The van der Waals surface area contributed by atoms with E-state index in [1.165, 1.54) is 6.07 Å². The summed E-state index contributed by atoms with van der Waals surface area (Å²) in [7, 11) is 0. The van der Waals surface area contributed by atoms with Crippen molar-refractivity contribution < 1.29 is 22.0 Å². The van der Waals surface area contributed by atoms with Crippen molar-refractivity contribution in [2.24, 2.45) is 0 Å². The van der Waals surface area contributed by atoms with Crippen LogP contribution in [0.1, 0.15) is 24.3 Å². The highest BCUT2D eigenvalue weighted by atomic mass is 19.3. The van der Waals surface area contributed by atoms with Gasteiger partial charge < -0.3 is 4.42 Å². The summed E-state index contributed by atoms with van der Waals surface area (Å²) in [5, 5.41) is 0. The molecule has 0 saturated heterocycles. The molecule has 0 aliphatic carbocycles. The van der Waals surface area contributed by atoms with E-state index >= 15 is 0 Å². The Labute approximate surface area is 81.5 Å². The topological polar surface area (TPSA) is 26.0 Å². The molecule has 0 fully saturated rings. The quantitative estimate of drug-likeness (QED) is 0.719. The fourth-order valence-corrected chi connectivity index (χ4v) is 1.19. The summed E-state index contributed by atoms with van der Waals surface area (Å²) in [6.45, 7) is 0. The Morgan fingerprint density at radius 1 is 1.07 bits per heavy atom. The van der Waals surface area contributed by atoms with Gasteiger partial charge in [-0.15, -0.1) is 0 Å². The molecular formula is C9H5F4NO. The van der Waals surface area contributed by atoms with Gasteiger partial charge in [0.15, 0.2) is 5.58 Å². The van der Waals surface area contributed by atoms with Gasteiger partial charge in [-0.2, -0.15) is 8.78 Å². The highest BCUT2D eigenvalue weighted by molar-refractivity contribution is 5.73. The predicted octanol–water partition coefficient (Wildman–Crippen LogP) is 3.70. The van der Waals surface area contributed by atoms with Gasteiger partial charge in [0.05, 0.1) is 0 Å². The summed E-state index contributed by atoms with van der Waals surface area (Å²) in [5.41, 5.74) is -0.172. The molecule has 2 rings (SSSR count). The van der Waals surface area contributed by atoms with Crippen LogP contribution < -0.4 is 0 Å². The molecule has 2 nitrogen and oxygen atoms in total. The molecule has 0 aliphatic heterocycles. The maximum Gasteiger partial charge on any atom is 0.313 e. The smallest absolute Gasteiger partial charge is 0.313 e. The number of nitrogens with zero attached hydrogens (tertiary/aromatic N) is 1. The van der Waals surface area contributed by atoms with Gasteiger partial charge in [0.2, 0.25) is 0 Å². The Balaban J connectivity index is 2.52. The molecule has 0 amide bonds. The van der Waals surface area contributed by atoms with Crippen LogP contribution in [0.3, 0.4) is 0 Å². The van der Waals surface area contributed by atoms with Crippen LogP contribution in [-0.2, 0) is 0 Å². The Morgan fingerprint density at radius 3 is 2.40 bits per heavy atom. The molecule has 0 unspecified atom stereocenters. The van der Waals surface area contributed by atoms with Gasteiger partial charge in [0.25, 0.3) is 12.3 Å². The van der Waals surface area contributed by atoms with Crippen molar-refractivity contribution in [3.8, 4) is 0 Å². The first-order valence-electron chi connectivity index (χ1n) is 4.04. The third kappa shape index (κ3) is 1.79. The lowest BCUT2D eigenvalue weighted by molar-refractivity contribution is 0.117. The second-order valence-corrected chi connectivity index (χ2v) is 2.88. The Kier molecular flexibility index (Phi) is 2.34. The second-order valence-electron chi connectivity index (χ2n) is 2.88. The van der Waals surface area contributed by atoms with Gasteiger partial charge in [0, 0.05) is 5.56 Å². The second kappa shape index (κ2) is 3.52. The molecule has 1 heterocycles. The van der Waals surface area contributed by atoms with E-state index in [0.29, 0.717) is 0 Å². The van der Waals surface area contributed by atoms with Gasteiger partial charge >= 0.3 is 6.43 Å². The van der Waals surface area contributed by atoms with Crippen LogP contribution in [0, 0.1) is 0 Å². The van der Waals surface area contributed by atoms with Crippen LogP contribution in [-0.4, -0.2) is 4.98 Å². The fraction of sp³-hybridized carbons (Fsp3) is 0.222. The standard InChI is InChI=1S/C9H5F4NO/c10-7(11)4-1-2-6-5(3-4)14-9(15-6)8(12)13/h1-3,7-8H. The molecule has 0 atom stereocenters. The summed E-state index contributed by atoms with van der Waals surface area (Å²) < 4.78 is 53.5. The van der Waals surface area contributed by atoms with Crippen molar-refractivity contribution in [3.05, 3.63) is 29.7 Å². The minimum Gasteiger partial charge on any atom is -0.435 e. The first kappa shape index (κ1) is 9.95. The Hall–Kier alpha value is -1.59. The predicted molar refractivity (Wildman–Crippen MR) is 43.9 cm³/mol. The van der Waals surface area contributed by atoms with Crippen molar-refractivity contribution in [1.29, 1.82) is 0 Å². The van der Waals surface area contributed by atoms with Crippen LogP contribution in [0.15, 0.2) is 22.6 Å². The molecule has 15 heavy (non-hydrogen) atoms. The summed E-state index contributed by atoms with van der Waals surface area (Å²) >= 11 is 0. The maximum atomic E-state index is 12.3. The van der Waals surface area contributed by atoms with Crippen molar-refractivity contribution in [3.63, 3.8) is 0 Å². The molecule has 6 heteroatoms. The van der Waals surface area contributed by atoms with Gasteiger partial charge in [-0.05, 0) is 18.2 Å². The molecule has 0 bridgehead atoms. The summed E-state index contributed by atoms with van der Waals surface area (Å²) in [6, 6.07) is 3.36. The normalized spacial score (nSPS) is 11.9. The number of rotatable bonds is 2. The van der Waals surface area contributed by atoms with Gasteiger partial charge in [-0.25, -0.2) is 13.8 Å². The van der Waals surface area contributed by atoms with Crippen LogP contribution in [0.25, 0.3) is 11.1 Å². The number of halogens is 4. The SMILES string of the molecule is FC(F)c1ccc2oc(C(F)F)nc2c1. The molecule has 1 aromatic heterocycles. The molecule has 2 aromatic rings. The monoisotopic (exact) mass is 219 g/mol. The number of hydrogen-bond acceptors (Lipinski definition) is 2. The molecule has 0 saturated carbocycles. The van der Waals surface area contributed by atoms with E-state index in [1.807, 2.05) is 0 Å². The first-order valence-corrected chi connectivity index (χ1v) is 4.04. The molecule has 0 radical (unpaired) electrons. The lowest BCUT2D eigenvalue weighted by atomic mass is 10.2. The molecule has 0 aliphatic rings. The van der Waals surface area contributed by atoms with Gasteiger partial charge in [-0.1, -0.05) is 0 Å². The zero-order valence-corrected chi connectivity index (χ0v) is 7.25. The van der Waals surface area contributed by atoms with Crippen LogP contribution in [0.5, 0.6) is 0 Å². The van der Waals surface area contributed by atoms with E-state index in [9.17, 15) is 17.6 Å². The van der Waals surface area contributed by atoms with Crippen molar-refractivity contribution >= 4 is 11.1 Å². The highest BCUT2D eigenvalue weighted by Gasteiger charge is 2.16. The Bertz CT molecular complexity index is 474. The van der Waals surface area contributed by atoms with Crippen molar-refractivity contribution in [2.75, 3.05) is 0 Å². The van der Waals surface area contributed by atoms with Crippen LogP contribution in [0.4, 0.5) is 17.6 Å². The average molecular weight is 219 g/mol. The third-order valence-electron chi connectivity index (χ3n) is 1.87. The maximum absolute atomic E-state index is 12.3. The zero-order chi connectivity index (χ0) is 11.0. The fourth-order valence-electron chi connectivity index (χ4n) is 1.19. The van der Waals surface area contributed by atoms with E-state index in [1.54, 1.807) is 0 Å². The Morgan fingerprint density at radius 2 is 1.80 bits per heavy atom. The lowest BCUT2D eigenvalue weighted by Gasteiger charge is -1.96. The number of alkyl halides is 4. The van der Waals surface area contributed by atoms with Crippen molar-refractivity contribution in [2.45, 2.75) is 12.9 Å². The molecule has 1 aromatic carbocycles. The van der Waals surface area contributed by atoms with E-state index < -0.39 is 18.7 Å². The molecular weight excluding hydrogens is 214 g/mol. The number of benzene rings is 1. The molecule has 80 valence electrons. The van der Waals surface area contributed by atoms with Gasteiger partial charge in [0.1, 0.15) is 5.52 Å². The van der Waals surface area contributed by atoms with Crippen LogP contribution >= 0.6 is 0 Å². The van der Waals surface area contributed by atoms with E-state index in [-0.39, 0.29) is 16.7 Å². The molecule has 0 N–H and O–H groups in total.